The standard InChI is InChI=1S/C25H27N3O5/c1-2-33-24(31)17-9-8-10-18(15-17)26-22(29)16-21-23(30)28(20-11-4-3-5-12-20)25(32)27(21)19-13-6-7-14-19/h3-5,8-12,15,19,21H,2,6-7,13-14,16H2,1H3,(H,26,29)/t21-/m0/s1. The predicted octanol–water partition coefficient (Wildman–Crippen LogP) is 3.97. The van der Waals surface area contributed by atoms with Gasteiger partial charge in [0.1, 0.15) is 6.04 Å². The number of benzene rings is 2. The minimum absolute atomic E-state index is 0.0555. The van der Waals surface area contributed by atoms with Crippen LogP contribution in [0.1, 0.15) is 49.4 Å². The van der Waals surface area contributed by atoms with E-state index in [0.29, 0.717) is 16.9 Å². The Morgan fingerprint density at radius 3 is 2.45 bits per heavy atom. The molecule has 0 bridgehead atoms. The molecular formula is C25H27N3O5. The fraction of sp³-hybridized carbons (Fsp3) is 0.360. The van der Waals surface area contributed by atoms with Crippen LogP contribution in [0.3, 0.4) is 0 Å². The molecule has 33 heavy (non-hydrogen) atoms. The number of hydrogen-bond acceptors (Lipinski definition) is 5. The largest absolute Gasteiger partial charge is 0.462 e. The van der Waals surface area contributed by atoms with E-state index in [-0.39, 0.29) is 25.1 Å². The molecule has 1 heterocycles. The average Bonchev–Trinajstić information content (AvgIpc) is 3.41. The second-order valence-corrected chi connectivity index (χ2v) is 8.21. The van der Waals surface area contributed by atoms with E-state index in [9.17, 15) is 19.2 Å². The highest BCUT2D eigenvalue weighted by molar-refractivity contribution is 6.22. The molecule has 0 aromatic heterocycles. The van der Waals surface area contributed by atoms with Gasteiger partial charge >= 0.3 is 12.0 Å². The molecular weight excluding hydrogens is 422 g/mol. The van der Waals surface area contributed by atoms with E-state index in [1.807, 2.05) is 6.07 Å². The van der Waals surface area contributed by atoms with Crippen molar-refractivity contribution in [3.05, 3.63) is 60.2 Å². The van der Waals surface area contributed by atoms with Crippen LogP contribution < -0.4 is 10.2 Å². The summed E-state index contributed by atoms with van der Waals surface area (Å²) in [6.07, 6.45) is 3.47. The van der Waals surface area contributed by atoms with Gasteiger partial charge in [0.05, 0.1) is 24.3 Å². The number of hydrogen-bond donors (Lipinski definition) is 1. The monoisotopic (exact) mass is 449 g/mol. The van der Waals surface area contributed by atoms with Crippen molar-refractivity contribution in [1.29, 1.82) is 0 Å². The number of para-hydroxylation sites is 1. The maximum absolute atomic E-state index is 13.3. The van der Waals surface area contributed by atoms with Gasteiger partial charge in [0, 0.05) is 11.7 Å². The third kappa shape index (κ3) is 4.74. The van der Waals surface area contributed by atoms with Gasteiger partial charge in [0.15, 0.2) is 0 Å². The second-order valence-electron chi connectivity index (χ2n) is 8.21. The molecule has 0 unspecified atom stereocenters. The smallest absolute Gasteiger partial charge is 0.338 e. The van der Waals surface area contributed by atoms with Crippen LogP contribution in [0, 0.1) is 0 Å². The first-order chi connectivity index (χ1) is 16.0. The zero-order valence-electron chi connectivity index (χ0n) is 18.5. The molecule has 1 N–H and O–H groups in total. The van der Waals surface area contributed by atoms with Crippen molar-refractivity contribution in [2.45, 2.75) is 51.1 Å². The summed E-state index contributed by atoms with van der Waals surface area (Å²) in [4.78, 5) is 54.2. The Balaban J connectivity index is 1.53. The number of urea groups is 1. The third-order valence-electron chi connectivity index (χ3n) is 6.02. The van der Waals surface area contributed by atoms with Crippen LogP contribution in [0.5, 0.6) is 0 Å². The highest BCUT2D eigenvalue weighted by atomic mass is 16.5. The first-order valence-corrected chi connectivity index (χ1v) is 11.3. The van der Waals surface area contributed by atoms with E-state index < -0.39 is 23.8 Å². The van der Waals surface area contributed by atoms with Gasteiger partial charge in [0.2, 0.25) is 5.91 Å². The first-order valence-electron chi connectivity index (χ1n) is 11.3. The summed E-state index contributed by atoms with van der Waals surface area (Å²) in [5.41, 5.74) is 1.25. The lowest BCUT2D eigenvalue weighted by molar-refractivity contribution is -0.124. The SMILES string of the molecule is CCOC(=O)c1cccc(NC(=O)C[C@H]2C(=O)N(c3ccccc3)C(=O)N2C2CCCC2)c1. The molecule has 1 saturated carbocycles. The number of nitrogens with one attached hydrogen (secondary N) is 1. The van der Waals surface area contributed by atoms with Crippen LogP contribution in [0.15, 0.2) is 54.6 Å². The minimum atomic E-state index is -0.867. The Morgan fingerprint density at radius 1 is 1.03 bits per heavy atom. The average molecular weight is 450 g/mol. The zero-order valence-corrected chi connectivity index (χ0v) is 18.5. The van der Waals surface area contributed by atoms with Crippen molar-refractivity contribution < 1.29 is 23.9 Å². The van der Waals surface area contributed by atoms with Gasteiger partial charge in [-0.2, -0.15) is 0 Å². The molecule has 0 spiro atoms. The zero-order chi connectivity index (χ0) is 23.4. The number of rotatable bonds is 7. The van der Waals surface area contributed by atoms with Crippen LogP contribution in [-0.4, -0.2) is 47.4 Å². The number of ether oxygens (including phenoxy) is 1. The summed E-state index contributed by atoms with van der Waals surface area (Å²) in [6, 6.07) is 13.9. The van der Waals surface area contributed by atoms with Gasteiger partial charge in [-0.15, -0.1) is 0 Å². The highest BCUT2D eigenvalue weighted by Gasteiger charge is 2.49. The number of esters is 1. The lowest BCUT2D eigenvalue weighted by Crippen LogP contribution is -2.43. The van der Waals surface area contributed by atoms with Crippen LogP contribution in [0.25, 0.3) is 0 Å². The molecule has 172 valence electrons. The highest BCUT2D eigenvalue weighted by Crippen LogP contribution is 2.34. The minimum Gasteiger partial charge on any atom is -0.462 e. The Morgan fingerprint density at radius 2 is 1.76 bits per heavy atom. The van der Waals surface area contributed by atoms with Crippen molar-refractivity contribution >= 4 is 35.2 Å². The third-order valence-corrected chi connectivity index (χ3v) is 6.02. The van der Waals surface area contributed by atoms with Gasteiger partial charge in [-0.25, -0.2) is 14.5 Å². The van der Waals surface area contributed by atoms with Gasteiger partial charge in [-0.1, -0.05) is 37.1 Å². The molecule has 4 amide bonds. The van der Waals surface area contributed by atoms with Crippen LogP contribution in [-0.2, 0) is 14.3 Å². The fourth-order valence-corrected chi connectivity index (χ4v) is 4.53. The maximum atomic E-state index is 13.3. The quantitative estimate of drug-likeness (QED) is 0.510. The first kappa shape index (κ1) is 22.5. The van der Waals surface area contributed by atoms with Gasteiger partial charge < -0.3 is 15.0 Å². The maximum Gasteiger partial charge on any atom is 0.338 e. The number of carbonyl (C=O) groups excluding carboxylic acids is 4. The van der Waals surface area contributed by atoms with E-state index in [1.165, 1.54) is 11.0 Å². The van der Waals surface area contributed by atoms with Gasteiger partial charge in [-0.3, -0.25) is 9.59 Å². The predicted molar refractivity (Wildman–Crippen MR) is 123 cm³/mol. The van der Waals surface area contributed by atoms with Gasteiger partial charge in [-0.05, 0) is 50.1 Å². The van der Waals surface area contributed by atoms with Crippen molar-refractivity contribution in [2.75, 3.05) is 16.8 Å². The van der Waals surface area contributed by atoms with E-state index >= 15 is 0 Å². The molecule has 2 fully saturated rings. The molecule has 1 aliphatic carbocycles. The van der Waals surface area contributed by atoms with Crippen molar-refractivity contribution in [2.24, 2.45) is 0 Å². The molecule has 8 heteroatoms. The Labute approximate surface area is 192 Å². The number of imide groups is 1. The summed E-state index contributed by atoms with van der Waals surface area (Å²) in [5.74, 6) is -1.27. The lowest BCUT2D eigenvalue weighted by Gasteiger charge is -2.27. The van der Waals surface area contributed by atoms with Crippen LogP contribution in [0.2, 0.25) is 0 Å². The Kier molecular flexibility index (Phi) is 6.72. The number of anilines is 2. The van der Waals surface area contributed by atoms with Gasteiger partial charge in [0.25, 0.3) is 5.91 Å². The summed E-state index contributed by atoms with van der Waals surface area (Å²) >= 11 is 0. The van der Waals surface area contributed by atoms with E-state index in [1.54, 1.807) is 54.3 Å². The summed E-state index contributed by atoms with van der Waals surface area (Å²) < 4.78 is 5.00. The molecule has 2 aromatic carbocycles. The summed E-state index contributed by atoms with van der Waals surface area (Å²) in [7, 11) is 0. The Hall–Kier alpha value is -3.68. The van der Waals surface area contributed by atoms with E-state index in [0.717, 1.165) is 25.7 Å². The molecule has 0 radical (unpaired) electrons. The van der Waals surface area contributed by atoms with Crippen LogP contribution in [0.4, 0.5) is 16.2 Å². The molecule has 4 rings (SSSR count). The number of amides is 4. The summed E-state index contributed by atoms with van der Waals surface area (Å²) in [5, 5.41) is 2.75. The van der Waals surface area contributed by atoms with Crippen molar-refractivity contribution in [3.63, 3.8) is 0 Å². The lowest BCUT2D eigenvalue weighted by atomic mass is 10.1. The van der Waals surface area contributed by atoms with Crippen LogP contribution >= 0.6 is 0 Å². The molecule has 2 aromatic rings. The fourth-order valence-electron chi connectivity index (χ4n) is 4.53. The van der Waals surface area contributed by atoms with E-state index in [4.69, 9.17) is 4.74 Å². The number of nitrogens with zero attached hydrogens (tertiary/aromatic N) is 2. The number of carbonyl (C=O) groups is 4. The Bertz CT molecular complexity index is 1050. The molecule has 1 saturated heterocycles. The second kappa shape index (κ2) is 9.85. The summed E-state index contributed by atoms with van der Waals surface area (Å²) in [6.45, 7) is 1.97. The molecule has 8 nitrogen and oxygen atoms in total. The van der Waals surface area contributed by atoms with Crippen molar-refractivity contribution in [1.82, 2.24) is 4.90 Å². The van der Waals surface area contributed by atoms with E-state index in [2.05, 4.69) is 5.32 Å². The van der Waals surface area contributed by atoms with Crippen molar-refractivity contribution in [3.8, 4) is 0 Å². The topological polar surface area (TPSA) is 96.0 Å². The molecule has 2 aliphatic rings. The molecule has 1 aliphatic heterocycles. The molecule has 1 atom stereocenters. The normalized spacial score (nSPS) is 18.6.